The van der Waals surface area contributed by atoms with Gasteiger partial charge in [-0.2, -0.15) is 15.1 Å². The summed E-state index contributed by atoms with van der Waals surface area (Å²) < 4.78 is 38.2. The highest BCUT2D eigenvalue weighted by atomic mass is 31.2. The molecular formula is C26H34N7O7P. The Labute approximate surface area is 237 Å². The predicted octanol–water partition coefficient (Wildman–Crippen LogP) is 2.48. The van der Waals surface area contributed by atoms with Crippen molar-refractivity contribution < 1.29 is 33.0 Å². The molecule has 4 rings (SSSR count). The number of esters is 1. The minimum absolute atomic E-state index is 0.000346. The highest BCUT2D eigenvalue weighted by Crippen LogP contribution is 2.49. The maximum Gasteiger partial charge on any atom is 0.459 e. The molecule has 41 heavy (non-hydrogen) atoms. The van der Waals surface area contributed by atoms with Gasteiger partial charge in [-0.15, -0.1) is 6.42 Å². The topological polar surface area (TPSA) is 185 Å². The van der Waals surface area contributed by atoms with E-state index in [0.29, 0.717) is 17.0 Å². The average Bonchev–Trinajstić information content (AvgIpc) is 3.45. The lowest BCUT2D eigenvalue weighted by Gasteiger charge is -2.28. The summed E-state index contributed by atoms with van der Waals surface area (Å²) in [6.07, 6.45) is 3.68. The number of hydrogen-bond acceptors (Lipinski definition) is 12. The summed E-state index contributed by atoms with van der Waals surface area (Å²) in [5.74, 6) is 2.61. The lowest BCUT2D eigenvalue weighted by Crippen LogP contribution is -2.39. The Kier molecular flexibility index (Phi) is 8.86. The number of rotatable bonds is 11. The first-order chi connectivity index (χ1) is 19.4. The molecule has 1 aliphatic rings. The second kappa shape index (κ2) is 12.0. The number of aliphatic hydroxyl groups is 1. The lowest BCUT2D eigenvalue weighted by atomic mass is 9.83. The third kappa shape index (κ3) is 6.29. The summed E-state index contributed by atoms with van der Waals surface area (Å²) in [6.45, 7) is 6.09. The van der Waals surface area contributed by atoms with E-state index in [1.54, 1.807) is 62.7 Å². The molecule has 3 heterocycles. The fraction of sp³-hybridized carbons (Fsp3) is 0.462. The molecule has 3 aromatic rings. The summed E-state index contributed by atoms with van der Waals surface area (Å²) >= 11 is 0. The number of nitrogens with two attached hydrogens (primary N) is 1. The number of aliphatic hydroxyl groups excluding tert-OH is 1. The van der Waals surface area contributed by atoms with Crippen molar-refractivity contribution in [2.45, 2.75) is 58.3 Å². The number of para-hydroxylation sites is 1. The van der Waals surface area contributed by atoms with Crippen LogP contribution < -0.4 is 20.7 Å². The summed E-state index contributed by atoms with van der Waals surface area (Å²) in [5, 5.41) is 16.8. The molecule has 0 aliphatic carbocycles. The van der Waals surface area contributed by atoms with Crippen molar-refractivity contribution in [3.63, 3.8) is 0 Å². The van der Waals surface area contributed by atoms with Gasteiger partial charge in [0.2, 0.25) is 5.95 Å². The third-order valence-electron chi connectivity index (χ3n) is 6.46. The molecule has 6 atom stereocenters. The van der Waals surface area contributed by atoms with Crippen LogP contribution >= 0.6 is 7.75 Å². The maximum absolute atomic E-state index is 13.9. The van der Waals surface area contributed by atoms with E-state index >= 15 is 0 Å². The first kappa shape index (κ1) is 30.2. The van der Waals surface area contributed by atoms with Crippen LogP contribution in [0.15, 0.2) is 36.7 Å². The second-order valence-electron chi connectivity index (χ2n) is 9.94. The van der Waals surface area contributed by atoms with E-state index in [-0.39, 0.29) is 17.8 Å². The molecule has 2 aromatic heterocycles. The lowest BCUT2D eigenvalue weighted by molar-refractivity contribution is -0.149. The van der Waals surface area contributed by atoms with Gasteiger partial charge in [0.25, 0.3) is 0 Å². The molecule has 1 aromatic carbocycles. The molecule has 0 spiro atoms. The van der Waals surface area contributed by atoms with E-state index in [1.807, 2.05) is 0 Å². The quantitative estimate of drug-likeness (QED) is 0.146. The molecular weight excluding hydrogens is 553 g/mol. The van der Waals surface area contributed by atoms with Gasteiger partial charge in [-0.1, -0.05) is 24.1 Å². The summed E-state index contributed by atoms with van der Waals surface area (Å²) in [7, 11) is -2.55. The number of carbonyl (C=O) groups is 1. The Bertz CT molecular complexity index is 1480. The fourth-order valence-electron chi connectivity index (χ4n) is 4.34. The highest BCUT2D eigenvalue weighted by Gasteiger charge is 2.54. The Morgan fingerprint density at radius 1 is 1.32 bits per heavy atom. The van der Waals surface area contributed by atoms with Gasteiger partial charge in [0, 0.05) is 7.05 Å². The van der Waals surface area contributed by atoms with Crippen LogP contribution in [0.25, 0.3) is 11.2 Å². The molecule has 0 radical (unpaired) electrons. The largest absolute Gasteiger partial charge is 0.462 e. The van der Waals surface area contributed by atoms with Crippen molar-refractivity contribution in [3.05, 3.63) is 36.7 Å². The first-order valence-corrected chi connectivity index (χ1v) is 14.4. The monoisotopic (exact) mass is 587 g/mol. The van der Waals surface area contributed by atoms with E-state index in [2.05, 4.69) is 31.3 Å². The number of anilines is 2. The van der Waals surface area contributed by atoms with Crippen molar-refractivity contribution in [2.75, 3.05) is 24.7 Å². The zero-order chi connectivity index (χ0) is 29.9. The summed E-state index contributed by atoms with van der Waals surface area (Å²) in [5.41, 5.74) is 5.36. The SMILES string of the molecule is C#C[C@@]1(C)[C@H](O)[C@@H](CO[P@@](=O)(N[C@@H](C)C(=O)OC(C)C)Oc2ccccc2)O[C@H]1n1cnc2c(NC)nc(N)nc21. The van der Waals surface area contributed by atoms with Crippen LogP contribution in [0.3, 0.4) is 0 Å². The Morgan fingerprint density at radius 3 is 2.66 bits per heavy atom. The number of nitrogens with zero attached hydrogens (tertiary/aromatic N) is 4. The minimum Gasteiger partial charge on any atom is -0.462 e. The van der Waals surface area contributed by atoms with Gasteiger partial charge in [-0.05, 0) is 39.8 Å². The van der Waals surface area contributed by atoms with E-state index in [9.17, 15) is 14.5 Å². The van der Waals surface area contributed by atoms with E-state index in [1.165, 1.54) is 13.3 Å². The number of carbonyl (C=O) groups excluding carboxylic acids is 1. The van der Waals surface area contributed by atoms with E-state index in [0.717, 1.165) is 0 Å². The van der Waals surface area contributed by atoms with Gasteiger partial charge in [0.1, 0.15) is 29.4 Å². The highest BCUT2D eigenvalue weighted by molar-refractivity contribution is 7.52. The fourth-order valence-corrected chi connectivity index (χ4v) is 5.84. The number of fused-ring (bicyclic) bond motifs is 1. The number of ether oxygens (including phenoxy) is 2. The van der Waals surface area contributed by atoms with Gasteiger partial charge in [-0.3, -0.25) is 13.9 Å². The van der Waals surface area contributed by atoms with Crippen molar-refractivity contribution in [3.8, 4) is 18.1 Å². The number of nitrogen functional groups attached to an aromatic ring is 1. The second-order valence-corrected chi connectivity index (χ2v) is 11.6. The van der Waals surface area contributed by atoms with Gasteiger partial charge < -0.3 is 30.2 Å². The normalized spacial score (nSPS) is 24.5. The average molecular weight is 588 g/mol. The van der Waals surface area contributed by atoms with Gasteiger partial charge in [0.15, 0.2) is 23.2 Å². The summed E-state index contributed by atoms with van der Waals surface area (Å²) in [4.78, 5) is 25.2. The van der Waals surface area contributed by atoms with E-state index < -0.39 is 50.2 Å². The third-order valence-corrected chi connectivity index (χ3v) is 8.10. The number of hydrogen-bond donors (Lipinski definition) is 4. The van der Waals surface area contributed by atoms with Crippen LogP contribution in [-0.4, -0.2) is 68.6 Å². The number of terminal acetylenes is 1. The van der Waals surface area contributed by atoms with Crippen LogP contribution in [-0.2, 0) is 23.4 Å². The molecule has 1 fully saturated rings. The predicted molar refractivity (Wildman–Crippen MR) is 151 cm³/mol. The van der Waals surface area contributed by atoms with Crippen molar-refractivity contribution >= 4 is 36.6 Å². The number of nitrogens with one attached hydrogen (secondary N) is 2. The van der Waals surface area contributed by atoms with Crippen LogP contribution in [0.5, 0.6) is 5.75 Å². The van der Waals surface area contributed by atoms with Crippen LogP contribution in [0.4, 0.5) is 11.8 Å². The molecule has 1 aliphatic heterocycles. The number of benzene rings is 1. The molecule has 15 heteroatoms. The zero-order valence-corrected chi connectivity index (χ0v) is 24.2. The molecule has 14 nitrogen and oxygen atoms in total. The molecule has 1 saturated heterocycles. The van der Waals surface area contributed by atoms with Gasteiger partial charge in [0.05, 0.1) is 19.0 Å². The van der Waals surface area contributed by atoms with Gasteiger partial charge >= 0.3 is 13.7 Å². The Morgan fingerprint density at radius 2 is 2.02 bits per heavy atom. The molecule has 220 valence electrons. The first-order valence-electron chi connectivity index (χ1n) is 12.9. The van der Waals surface area contributed by atoms with Crippen LogP contribution in [0.2, 0.25) is 0 Å². The van der Waals surface area contributed by atoms with Crippen molar-refractivity contribution in [1.82, 2.24) is 24.6 Å². The van der Waals surface area contributed by atoms with Gasteiger partial charge in [-0.25, -0.2) is 9.55 Å². The van der Waals surface area contributed by atoms with E-state index in [4.69, 9.17) is 30.7 Å². The van der Waals surface area contributed by atoms with Crippen LogP contribution in [0.1, 0.15) is 33.9 Å². The molecule has 0 bridgehead atoms. The Balaban J connectivity index is 1.60. The summed E-state index contributed by atoms with van der Waals surface area (Å²) in [6, 6.07) is 7.25. The molecule has 0 amide bonds. The number of imidazole rings is 1. The van der Waals surface area contributed by atoms with Crippen molar-refractivity contribution in [2.24, 2.45) is 5.41 Å². The maximum atomic E-state index is 13.9. The molecule has 5 N–H and O–H groups in total. The standard InChI is InChI=1S/C26H34N7O7P/c1-7-26(5)20(34)18(39-24(26)33-14-29-19-21(28-6)30-25(27)31-22(19)33)13-37-41(36,40-17-11-9-8-10-12-17)32-16(4)23(35)38-15(2)3/h1,8-12,14-16,18,20,24,34H,13H2,2-6H3,(H,32,36)(H3,27,28,30,31)/t16-,18+,20+,24+,26-,41-/m0/s1. The van der Waals surface area contributed by atoms with Crippen molar-refractivity contribution in [1.29, 1.82) is 0 Å². The molecule has 0 unspecified atom stereocenters. The zero-order valence-electron chi connectivity index (χ0n) is 23.3. The minimum atomic E-state index is -4.22. The molecule has 0 saturated carbocycles. The smallest absolute Gasteiger partial charge is 0.459 e. The Hall–Kier alpha value is -3.73. The number of aromatic nitrogens is 4. The van der Waals surface area contributed by atoms with Crippen LogP contribution in [0, 0.1) is 17.8 Å².